The molecule has 110 valence electrons. The molecule has 0 bridgehead atoms. The van der Waals surface area contributed by atoms with E-state index in [0.29, 0.717) is 30.9 Å². The topological polar surface area (TPSA) is 38.7 Å². The molecule has 3 nitrogen and oxygen atoms in total. The van der Waals surface area contributed by atoms with E-state index < -0.39 is 0 Å². The highest BCUT2D eigenvalue weighted by Gasteiger charge is 2.03. The number of hydrogen-bond donors (Lipinski definition) is 1. The molecule has 0 radical (unpaired) electrons. The second kappa shape index (κ2) is 10.2. The summed E-state index contributed by atoms with van der Waals surface area (Å²) in [6.07, 6.45) is 2.49. The maximum atomic E-state index is 13.2. The molecule has 0 unspecified atom stereocenters. The van der Waals surface area contributed by atoms with Gasteiger partial charge in [0.1, 0.15) is 18.2 Å². The Hall–Kier alpha value is -1.57. The molecule has 0 aliphatic carbocycles. The molecule has 0 saturated heterocycles. The minimum absolute atomic E-state index is 0.0101. The summed E-state index contributed by atoms with van der Waals surface area (Å²) in [4.78, 5) is 0. The van der Waals surface area contributed by atoms with Crippen molar-refractivity contribution >= 4 is 0 Å². The molecule has 0 heterocycles. The summed E-state index contributed by atoms with van der Waals surface area (Å²) in [6, 6.07) is 4.23. The fourth-order valence-electron chi connectivity index (χ4n) is 1.50. The maximum Gasteiger partial charge on any atom is 0.135 e. The van der Waals surface area contributed by atoms with Crippen LogP contribution < -0.4 is 4.74 Å². The predicted octanol–water partition coefficient (Wildman–Crippen LogP) is 2.76. The first-order valence-electron chi connectivity index (χ1n) is 6.87. The molecule has 0 aromatic heterocycles. The van der Waals surface area contributed by atoms with Crippen molar-refractivity contribution in [3.8, 4) is 17.6 Å². The van der Waals surface area contributed by atoms with Gasteiger partial charge in [-0.15, -0.1) is 0 Å². The van der Waals surface area contributed by atoms with Crippen molar-refractivity contribution in [3.05, 3.63) is 29.6 Å². The molecule has 1 rings (SSSR count). The van der Waals surface area contributed by atoms with E-state index in [1.165, 1.54) is 12.1 Å². The van der Waals surface area contributed by atoms with Crippen molar-refractivity contribution in [2.75, 3.05) is 26.4 Å². The molecular weight excluding hydrogens is 259 g/mol. The van der Waals surface area contributed by atoms with Gasteiger partial charge in [0.2, 0.25) is 0 Å². The molecular formula is C16H21FO3. The molecule has 1 aromatic rings. The standard InChI is InChI=1S/C16H21FO3/c1-2-3-10-19-11-12-20-16-8-7-15(17)13-14(16)6-4-5-9-18/h7-8,13,18H,2-3,5,9-12H2,1H3. The zero-order valence-corrected chi connectivity index (χ0v) is 11.8. The Morgan fingerprint density at radius 3 is 2.85 bits per heavy atom. The first-order chi connectivity index (χ1) is 9.77. The van der Waals surface area contributed by atoms with E-state index in [1.807, 2.05) is 0 Å². The SMILES string of the molecule is CCCCOCCOc1ccc(F)cc1C#CCCO. The molecule has 0 aliphatic rings. The van der Waals surface area contributed by atoms with Crippen LogP contribution in [0, 0.1) is 17.7 Å². The minimum Gasteiger partial charge on any atom is -0.490 e. The summed E-state index contributed by atoms with van der Waals surface area (Å²) < 4.78 is 24.1. The van der Waals surface area contributed by atoms with E-state index in [1.54, 1.807) is 6.07 Å². The van der Waals surface area contributed by atoms with Gasteiger partial charge in [-0.25, -0.2) is 4.39 Å². The molecule has 4 heteroatoms. The largest absolute Gasteiger partial charge is 0.490 e. The molecule has 0 amide bonds. The van der Waals surface area contributed by atoms with Gasteiger partial charge >= 0.3 is 0 Å². The second-order valence-electron chi connectivity index (χ2n) is 4.23. The second-order valence-corrected chi connectivity index (χ2v) is 4.23. The fraction of sp³-hybridized carbons (Fsp3) is 0.500. The van der Waals surface area contributed by atoms with Gasteiger partial charge in [-0.3, -0.25) is 0 Å². The highest BCUT2D eigenvalue weighted by molar-refractivity contribution is 5.46. The zero-order valence-electron chi connectivity index (χ0n) is 11.8. The van der Waals surface area contributed by atoms with Crippen LogP contribution in [0.15, 0.2) is 18.2 Å². The fourth-order valence-corrected chi connectivity index (χ4v) is 1.50. The van der Waals surface area contributed by atoms with Crippen molar-refractivity contribution in [1.82, 2.24) is 0 Å². The molecule has 0 saturated carbocycles. The summed E-state index contributed by atoms with van der Waals surface area (Å²) in [5.41, 5.74) is 0.493. The van der Waals surface area contributed by atoms with Gasteiger partial charge in [-0.05, 0) is 24.6 Å². The van der Waals surface area contributed by atoms with Gasteiger partial charge in [0.25, 0.3) is 0 Å². The number of benzene rings is 1. The Kier molecular flexibility index (Phi) is 8.44. The van der Waals surface area contributed by atoms with E-state index >= 15 is 0 Å². The van der Waals surface area contributed by atoms with Crippen molar-refractivity contribution in [1.29, 1.82) is 0 Å². The highest BCUT2D eigenvalue weighted by atomic mass is 19.1. The molecule has 1 N–H and O–H groups in total. The highest BCUT2D eigenvalue weighted by Crippen LogP contribution is 2.18. The molecule has 20 heavy (non-hydrogen) atoms. The van der Waals surface area contributed by atoms with E-state index in [2.05, 4.69) is 18.8 Å². The third-order valence-corrected chi connectivity index (χ3v) is 2.53. The van der Waals surface area contributed by atoms with Crippen LogP contribution in [-0.4, -0.2) is 31.5 Å². The Labute approximate surface area is 119 Å². The van der Waals surface area contributed by atoms with Gasteiger partial charge in [-0.2, -0.15) is 0 Å². The number of hydrogen-bond acceptors (Lipinski definition) is 3. The Morgan fingerprint density at radius 2 is 2.10 bits per heavy atom. The lowest BCUT2D eigenvalue weighted by molar-refractivity contribution is 0.0979. The number of ether oxygens (including phenoxy) is 2. The van der Waals surface area contributed by atoms with Crippen molar-refractivity contribution in [2.24, 2.45) is 0 Å². The summed E-state index contributed by atoms with van der Waals surface area (Å²) in [6.45, 7) is 3.73. The van der Waals surface area contributed by atoms with E-state index in [0.717, 1.165) is 19.4 Å². The predicted molar refractivity (Wildman–Crippen MR) is 76.2 cm³/mol. The minimum atomic E-state index is -0.357. The third kappa shape index (κ3) is 6.55. The van der Waals surface area contributed by atoms with Crippen LogP contribution in [-0.2, 0) is 4.74 Å². The third-order valence-electron chi connectivity index (χ3n) is 2.53. The number of unbranched alkanes of at least 4 members (excludes halogenated alkanes) is 1. The number of aliphatic hydroxyl groups excluding tert-OH is 1. The van der Waals surface area contributed by atoms with Gasteiger partial charge in [0, 0.05) is 13.0 Å². The lowest BCUT2D eigenvalue weighted by atomic mass is 10.2. The first-order valence-corrected chi connectivity index (χ1v) is 6.87. The van der Waals surface area contributed by atoms with Crippen molar-refractivity contribution < 1.29 is 19.0 Å². The van der Waals surface area contributed by atoms with Crippen LogP contribution in [0.4, 0.5) is 4.39 Å². The van der Waals surface area contributed by atoms with E-state index in [-0.39, 0.29) is 12.4 Å². The van der Waals surface area contributed by atoms with Crippen molar-refractivity contribution in [2.45, 2.75) is 26.2 Å². The Bertz CT molecular complexity index is 449. The van der Waals surface area contributed by atoms with E-state index in [9.17, 15) is 4.39 Å². The van der Waals surface area contributed by atoms with Gasteiger partial charge in [0.05, 0.1) is 18.8 Å². The molecule has 0 aliphatic heterocycles. The normalized spacial score (nSPS) is 9.95. The quantitative estimate of drug-likeness (QED) is 0.588. The summed E-state index contributed by atoms with van der Waals surface area (Å²) in [5.74, 6) is 5.74. The Balaban J connectivity index is 2.50. The van der Waals surface area contributed by atoms with Crippen LogP contribution in [0.5, 0.6) is 5.75 Å². The van der Waals surface area contributed by atoms with Crippen LogP contribution in [0.3, 0.4) is 0 Å². The number of halogens is 1. The first kappa shape index (κ1) is 16.5. The average Bonchev–Trinajstić information content (AvgIpc) is 2.45. The van der Waals surface area contributed by atoms with Crippen molar-refractivity contribution in [3.63, 3.8) is 0 Å². The average molecular weight is 280 g/mol. The van der Waals surface area contributed by atoms with Crippen LogP contribution in [0.2, 0.25) is 0 Å². The summed E-state index contributed by atoms with van der Waals surface area (Å²) in [5, 5.41) is 8.69. The van der Waals surface area contributed by atoms with Gasteiger partial charge in [0.15, 0.2) is 0 Å². The monoisotopic (exact) mass is 280 g/mol. The number of aliphatic hydroxyl groups is 1. The zero-order chi connectivity index (χ0) is 14.6. The summed E-state index contributed by atoms with van der Waals surface area (Å²) >= 11 is 0. The summed E-state index contributed by atoms with van der Waals surface area (Å²) in [7, 11) is 0. The lowest BCUT2D eigenvalue weighted by Gasteiger charge is -2.09. The molecule has 0 spiro atoms. The van der Waals surface area contributed by atoms with Crippen LogP contribution >= 0.6 is 0 Å². The lowest BCUT2D eigenvalue weighted by Crippen LogP contribution is -2.08. The molecule has 1 aromatic carbocycles. The number of rotatable bonds is 8. The molecule has 0 fully saturated rings. The molecule has 0 atom stereocenters. The van der Waals surface area contributed by atoms with Crippen LogP contribution in [0.1, 0.15) is 31.7 Å². The van der Waals surface area contributed by atoms with E-state index in [4.69, 9.17) is 14.6 Å². The maximum absolute atomic E-state index is 13.2. The Morgan fingerprint density at radius 1 is 1.25 bits per heavy atom. The van der Waals surface area contributed by atoms with Crippen LogP contribution in [0.25, 0.3) is 0 Å². The smallest absolute Gasteiger partial charge is 0.135 e. The van der Waals surface area contributed by atoms with Gasteiger partial charge in [-0.1, -0.05) is 25.2 Å². The van der Waals surface area contributed by atoms with Gasteiger partial charge < -0.3 is 14.6 Å².